The molecule has 0 spiro atoms. The highest BCUT2D eigenvalue weighted by molar-refractivity contribution is 7.92. The van der Waals surface area contributed by atoms with E-state index in [1.807, 2.05) is 47.2 Å². The van der Waals surface area contributed by atoms with Gasteiger partial charge in [0.2, 0.25) is 0 Å². The molecule has 1 unspecified atom stereocenters. The standard InChI is InChI=1S/C19H20N2O4S/c22-17-5-1-2-6-18(17)25-15-9-7-14(8-10-15)16-4-3-11-21-12-13-26(23,24)20-19(16)21/h3-4,7-11,18H,1-2,5-6,12-13H2/p+1. The number of carbonyl (C=O) groups is 1. The summed E-state index contributed by atoms with van der Waals surface area (Å²) in [6.45, 7) is 0.434. The van der Waals surface area contributed by atoms with Crippen LogP contribution in [0, 0.1) is 0 Å². The molecule has 4 rings (SSSR count). The first kappa shape index (κ1) is 17.0. The number of benzene rings is 1. The molecule has 2 aromatic rings. The van der Waals surface area contributed by atoms with Crippen molar-refractivity contribution in [3.63, 3.8) is 0 Å². The van der Waals surface area contributed by atoms with Gasteiger partial charge in [0.25, 0.3) is 5.82 Å². The van der Waals surface area contributed by atoms with Crippen molar-refractivity contribution in [3.8, 4) is 16.9 Å². The Bertz CT molecular complexity index is 939. The average Bonchev–Trinajstić information content (AvgIpc) is 2.63. The number of aryl methyl sites for hydroxylation is 1. The quantitative estimate of drug-likeness (QED) is 0.838. The van der Waals surface area contributed by atoms with Crippen LogP contribution in [0.15, 0.2) is 42.6 Å². The molecule has 2 heterocycles. The number of ketones is 1. The second-order valence-corrected chi connectivity index (χ2v) is 8.57. The molecule has 136 valence electrons. The third-order valence-corrected chi connectivity index (χ3v) is 6.09. The Morgan fingerprint density at radius 1 is 1.12 bits per heavy atom. The Kier molecular flexibility index (Phi) is 4.40. The van der Waals surface area contributed by atoms with E-state index in [1.54, 1.807) is 0 Å². The van der Waals surface area contributed by atoms with Gasteiger partial charge < -0.3 is 4.74 Å². The zero-order valence-corrected chi connectivity index (χ0v) is 15.2. The maximum atomic E-state index is 11.9. The first-order chi connectivity index (χ1) is 12.5. The highest BCUT2D eigenvalue weighted by atomic mass is 32.2. The maximum absolute atomic E-state index is 11.9. The van der Waals surface area contributed by atoms with Crippen LogP contribution in [-0.4, -0.2) is 26.1 Å². The smallest absolute Gasteiger partial charge is 0.302 e. The summed E-state index contributed by atoms with van der Waals surface area (Å²) in [4.78, 5) is 11.9. The van der Waals surface area contributed by atoms with Crippen molar-refractivity contribution in [1.82, 2.24) is 0 Å². The van der Waals surface area contributed by atoms with Crippen molar-refractivity contribution in [1.29, 1.82) is 0 Å². The summed E-state index contributed by atoms with van der Waals surface area (Å²) < 4.78 is 34.2. The molecule has 2 aliphatic rings. The lowest BCUT2D eigenvalue weighted by Crippen LogP contribution is -2.47. The largest absolute Gasteiger partial charge is 0.483 e. The van der Waals surface area contributed by atoms with Crippen LogP contribution in [-0.2, 0) is 21.4 Å². The molecular formula is C19H21N2O4S+. The van der Waals surface area contributed by atoms with Gasteiger partial charge in [-0.25, -0.2) is 4.57 Å². The molecule has 1 aliphatic heterocycles. The summed E-state index contributed by atoms with van der Waals surface area (Å²) in [6.07, 6.45) is 4.85. The van der Waals surface area contributed by atoms with Crippen LogP contribution in [0.2, 0.25) is 0 Å². The molecule has 6 nitrogen and oxygen atoms in total. The van der Waals surface area contributed by atoms with Crippen molar-refractivity contribution < 1.29 is 22.5 Å². The molecule has 26 heavy (non-hydrogen) atoms. The lowest BCUT2D eigenvalue weighted by molar-refractivity contribution is -0.679. The minimum Gasteiger partial charge on any atom is -0.483 e. The molecule has 0 radical (unpaired) electrons. The average molecular weight is 373 g/mol. The number of Topliss-reactive ketones (excluding diaryl/α,β-unsaturated/α-hetero) is 1. The monoisotopic (exact) mass is 373 g/mol. The number of hydrogen-bond acceptors (Lipinski definition) is 4. The van der Waals surface area contributed by atoms with E-state index in [0.717, 1.165) is 30.4 Å². The number of ether oxygens (including phenoxy) is 1. The van der Waals surface area contributed by atoms with Gasteiger partial charge in [-0.05, 0) is 49.1 Å². The van der Waals surface area contributed by atoms with E-state index in [-0.39, 0.29) is 17.6 Å². The number of rotatable bonds is 3. The normalized spacial score (nSPS) is 21.5. The molecule has 0 amide bonds. The lowest BCUT2D eigenvalue weighted by atomic mass is 9.96. The highest BCUT2D eigenvalue weighted by Gasteiger charge is 2.30. The van der Waals surface area contributed by atoms with Gasteiger partial charge in [-0.15, -0.1) is 0 Å². The number of anilines is 1. The second-order valence-electron chi connectivity index (χ2n) is 6.73. The number of aromatic nitrogens is 1. The van der Waals surface area contributed by atoms with Crippen LogP contribution in [0.25, 0.3) is 11.1 Å². The van der Waals surface area contributed by atoms with Gasteiger partial charge in [0.15, 0.2) is 11.9 Å². The Balaban J connectivity index is 1.59. The molecule has 0 bridgehead atoms. The fourth-order valence-corrected chi connectivity index (χ4v) is 4.51. The number of fused-ring (bicyclic) bond motifs is 1. The lowest BCUT2D eigenvalue weighted by Gasteiger charge is -2.22. The fraction of sp³-hybridized carbons (Fsp3) is 0.368. The summed E-state index contributed by atoms with van der Waals surface area (Å²) in [5.74, 6) is 1.49. The van der Waals surface area contributed by atoms with E-state index in [1.165, 1.54) is 0 Å². The fourth-order valence-electron chi connectivity index (χ4n) is 3.45. The van der Waals surface area contributed by atoms with E-state index < -0.39 is 10.0 Å². The van der Waals surface area contributed by atoms with Crippen LogP contribution in [0.5, 0.6) is 5.75 Å². The van der Waals surface area contributed by atoms with Crippen LogP contribution < -0.4 is 14.0 Å². The van der Waals surface area contributed by atoms with Crippen molar-refractivity contribution >= 4 is 21.6 Å². The summed E-state index contributed by atoms with van der Waals surface area (Å²) in [5, 5.41) is 0. The summed E-state index contributed by atoms with van der Waals surface area (Å²) in [5.41, 5.74) is 1.71. The summed E-state index contributed by atoms with van der Waals surface area (Å²) in [6, 6.07) is 11.2. The molecule has 1 aromatic heterocycles. The predicted molar refractivity (Wildman–Crippen MR) is 97.4 cm³/mol. The zero-order chi connectivity index (χ0) is 18.1. The van der Waals surface area contributed by atoms with E-state index in [4.69, 9.17) is 4.74 Å². The van der Waals surface area contributed by atoms with Crippen LogP contribution in [0.4, 0.5) is 5.82 Å². The first-order valence-electron chi connectivity index (χ1n) is 8.85. The molecular weight excluding hydrogens is 352 g/mol. The Hall–Kier alpha value is -2.41. The van der Waals surface area contributed by atoms with Gasteiger partial charge in [0.05, 0.1) is 11.8 Å². The van der Waals surface area contributed by atoms with Crippen molar-refractivity contribution in [3.05, 3.63) is 42.6 Å². The summed E-state index contributed by atoms with van der Waals surface area (Å²) >= 11 is 0. The van der Waals surface area contributed by atoms with Gasteiger partial charge in [-0.2, -0.15) is 13.1 Å². The van der Waals surface area contributed by atoms with Gasteiger partial charge in [0, 0.05) is 6.42 Å². The topological polar surface area (TPSA) is 76.3 Å². The van der Waals surface area contributed by atoms with Gasteiger partial charge in [-0.1, -0.05) is 12.1 Å². The van der Waals surface area contributed by atoms with E-state index in [2.05, 4.69) is 4.72 Å². The third-order valence-electron chi connectivity index (χ3n) is 4.87. The molecule has 1 atom stereocenters. The highest BCUT2D eigenvalue weighted by Crippen LogP contribution is 2.29. The van der Waals surface area contributed by atoms with Crippen molar-refractivity contribution in [2.45, 2.75) is 38.3 Å². The molecule has 7 heteroatoms. The van der Waals surface area contributed by atoms with E-state index in [0.29, 0.717) is 24.5 Å². The number of nitrogens with zero attached hydrogens (tertiary/aromatic N) is 1. The Morgan fingerprint density at radius 2 is 1.92 bits per heavy atom. The first-order valence-corrected chi connectivity index (χ1v) is 10.5. The SMILES string of the molecule is O=C1CCCCC1Oc1ccc(-c2ccc[n+]3c2NS(=O)(=O)CC3)cc1. The van der Waals surface area contributed by atoms with Gasteiger partial charge >= 0.3 is 10.0 Å². The maximum Gasteiger partial charge on any atom is 0.302 e. The van der Waals surface area contributed by atoms with Crippen molar-refractivity contribution in [2.24, 2.45) is 0 Å². The zero-order valence-electron chi connectivity index (χ0n) is 14.3. The van der Waals surface area contributed by atoms with Crippen molar-refractivity contribution in [2.75, 3.05) is 10.5 Å². The number of sulfonamides is 1. The van der Waals surface area contributed by atoms with Gasteiger partial charge in [-0.3, -0.25) is 4.79 Å². The minimum atomic E-state index is -3.29. The minimum absolute atomic E-state index is 0.0797. The van der Waals surface area contributed by atoms with Crippen LogP contribution in [0.1, 0.15) is 25.7 Å². The van der Waals surface area contributed by atoms with Gasteiger partial charge in [0.1, 0.15) is 18.0 Å². The van der Waals surface area contributed by atoms with E-state index >= 15 is 0 Å². The second kappa shape index (κ2) is 6.72. The number of pyridine rings is 1. The van der Waals surface area contributed by atoms with Crippen LogP contribution >= 0.6 is 0 Å². The molecule has 0 saturated heterocycles. The molecule has 1 N–H and O–H groups in total. The predicted octanol–water partition coefficient (Wildman–Crippen LogP) is 2.29. The number of hydrogen-bond donors (Lipinski definition) is 1. The summed E-state index contributed by atoms with van der Waals surface area (Å²) in [7, 11) is -3.29. The molecule has 1 saturated carbocycles. The third kappa shape index (κ3) is 3.44. The van der Waals surface area contributed by atoms with E-state index in [9.17, 15) is 13.2 Å². The Morgan fingerprint density at radius 3 is 2.69 bits per heavy atom. The molecule has 1 aromatic carbocycles. The molecule has 1 aliphatic carbocycles. The Labute approximate surface area is 152 Å². The number of carbonyl (C=O) groups excluding carboxylic acids is 1. The molecule has 1 fully saturated rings. The number of nitrogens with one attached hydrogen (secondary N) is 1. The van der Waals surface area contributed by atoms with Crippen LogP contribution in [0.3, 0.4) is 0 Å².